The summed E-state index contributed by atoms with van der Waals surface area (Å²) in [5.74, 6) is 0.918. The number of alkyl halides is 3. The van der Waals surface area contributed by atoms with E-state index in [1.807, 2.05) is 0 Å². The van der Waals surface area contributed by atoms with Crippen LogP contribution in [0.25, 0.3) is 5.57 Å². The Morgan fingerprint density at radius 2 is 2.06 bits per heavy atom. The molecule has 1 aromatic carbocycles. The number of hydrogen-bond donors (Lipinski definition) is 1. The van der Waals surface area contributed by atoms with Gasteiger partial charge >= 0.3 is 6.18 Å². The molecule has 2 rings (SSSR count). The highest BCUT2D eigenvalue weighted by Gasteiger charge is 2.31. The smallest absolute Gasteiger partial charge is 0.383 e. The Kier molecular flexibility index (Phi) is 3.38. The van der Waals surface area contributed by atoms with Gasteiger partial charge in [-0.15, -0.1) is 11.8 Å². The van der Waals surface area contributed by atoms with Crippen LogP contribution in [0.5, 0.6) is 0 Å². The van der Waals surface area contributed by atoms with Crippen molar-refractivity contribution in [2.24, 2.45) is 0 Å². The number of thioether (sulfide) groups is 1. The second-order valence-electron chi connectivity index (χ2n) is 3.73. The molecular formula is C12H12F3NS. The molecular weight excluding hydrogens is 247 g/mol. The minimum atomic E-state index is -4.28. The largest absolute Gasteiger partial charge is 0.416 e. The lowest BCUT2D eigenvalue weighted by Crippen LogP contribution is -2.06. The molecule has 5 heteroatoms. The Morgan fingerprint density at radius 3 is 2.71 bits per heavy atom. The average Bonchev–Trinajstić information content (AvgIpc) is 2.76. The van der Waals surface area contributed by atoms with E-state index in [0.29, 0.717) is 5.56 Å². The van der Waals surface area contributed by atoms with E-state index >= 15 is 0 Å². The molecule has 1 aliphatic rings. The second kappa shape index (κ2) is 4.64. The molecule has 0 radical (unpaired) electrons. The number of hydrogen-bond acceptors (Lipinski definition) is 2. The Balaban J connectivity index is 2.40. The van der Waals surface area contributed by atoms with E-state index < -0.39 is 11.7 Å². The predicted octanol–water partition coefficient (Wildman–Crippen LogP) is 3.73. The van der Waals surface area contributed by atoms with Crippen molar-refractivity contribution in [2.45, 2.75) is 12.6 Å². The van der Waals surface area contributed by atoms with Gasteiger partial charge in [0.25, 0.3) is 0 Å². The molecule has 1 N–H and O–H groups in total. The lowest BCUT2D eigenvalue weighted by Gasteiger charge is -2.10. The summed E-state index contributed by atoms with van der Waals surface area (Å²) in [5, 5.41) is 4.01. The molecule has 17 heavy (non-hydrogen) atoms. The van der Waals surface area contributed by atoms with Gasteiger partial charge < -0.3 is 5.32 Å². The van der Waals surface area contributed by atoms with Crippen LogP contribution < -0.4 is 5.32 Å². The molecule has 0 spiro atoms. The van der Waals surface area contributed by atoms with Gasteiger partial charge in [-0.05, 0) is 29.7 Å². The molecule has 0 saturated carbocycles. The van der Waals surface area contributed by atoms with Crippen molar-refractivity contribution < 1.29 is 13.2 Å². The fourth-order valence-corrected chi connectivity index (χ4v) is 2.89. The quantitative estimate of drug-likeness (QED) is 0.868. The van der Waals surface area contributed by atoms with E-state index in [1.54, 1.807) is 24.9 Å². The highest BCUT2D eigenvalue weighted by atomic mass is 32.2. The zero-order valence-electron chi connectivity index (χ0n) is 9.27. The maximum atomic E-state index is 12.6. The Morgan fingerprint density at radius 1 is 1.29 bits per heavy atom. The van der Waals surface area contributed by atoms with Crippen molar-refractivity contribution in [3.8, 4) is 0 Å². The number of nitrogens with one attached hydrogen (secondary N) is 1. The summed E-state index contributed by atoms with van der Waals surface area (Å²) in [4.78, 5) is 0. The lowest BCUT2D eigenvalue weighted by molar-refractivity contribution is -0.137. The van der Waals surface area contributed by atoms with Crippen molar-refractivity contribution >= 4 is 17.3 Å². The summed E-state index contributed by atoms with van der Waals surface area (Å²) in [6.45, 7) is 0. The van der Waals surface area contributed by atoms with E-state index in [1.165, 1.54) is 12.1 Å². The molecule has 92 valence electrons. The summed E-state index contributed by atoms with van der Waals surface area (Å²) in [6.07, 6.45) is -3.47. The maximum Gasteiger partial charge on any atom is 0.416 e. The molecule has 0 fully saturated rings. The summed E-state index contributed by atoms with van der Waals surface area (Å²) in [6, 6.07) is 5.51. The molecule has 1 heterocycles. The zero-order chi connectivity index (χ0) is 12.5. The summed E-state index contributed by atoms with van der Waals surface area (Å²) in [7, 11) is 1.79. The van der Waals surface area contributed by atoms with Gasteiger partial charge in [0.05, 0.1) is 10.6 Å². The molecule has 0 atom stereocenters. The number of halogens is 3. The van der Waals surface area contributed by atoms with Gasteiger partial charge in [0, 0.05) is 12.8 Å². The molecule has 0 aromatic heterocycles. The molecule has 1 aromatic rings. The first-order valence-corrected chi connectivity index (χ1v) is 6.22. The van der Waals surface area contributed by atoms with Crippen molar-refractivity contribution in [3.63, 3.8) is 0 Å². The Labute approximate surface area is 102 Å². The topological polar surface area (TPSA) is 12.0 Å². The van der Waals surface area contributed by atoms with Gasteiger partial charge in [0.1, 0.15) is 0 Å². The number of allylic oxidation sites excluding steroid dienone is 1. The third-order valence-corrected chi connectivity index (χ3v) is 3.79. The first-order chi connectivity index (χ1) is 8.02. The molecule has 0 bridgehead atoms. The molecule has 0 unspecified atom stereocenters. The van der Waals surface area contributed by atoms with Crippen LogP contribution in [-0.4, -0.2) is 12.8 Å². The van der Waals surface area contributed by atoms with Gasteiger partial charge in [-0.3, -0.25) is 0 Å². The van der Waals surface area contributed by atoms with Gasteiger partial charge in [-0.2, -0.15) is 13.2 Å². The van der Waals surface area contributed by atoms with Crippen LogP contribution in [0.4, 0.5) is 13.2 Å². The summed E-state index contributed by atoms with van der Waals surface area (Å²) in [5.41, 5.74) is 1.05. The predicted molar refractivity (Wildman–Crippen MR) is 64.5 cm³/mol. The summed E-state index contributed by atoms with van der Waals surface area (Å²) < 4.78 is 37.8. The fourth-order valence-electron chi connectivity index (χ4n) is 1.84. The Bertz CT molecular complexity index is 451. The second-order valence-corrected chi connectivity index (χ2v) is 4.84. The number of rotatable bonds is 2. The SMILES string of the molecule is CNC1=C(c2cccc(C(F)(F)F)c2)CCS1. The monoisotopic (exact) mass is 259 g/mol. The highest BCUT2D eigenvalue weighted by Crippen LogP contribution is 2.37. The third-order valence-electron chi connectivity index (χ3n) is 2.64. The van der Waals surface area contributed by atoms with E-state index in [-0.39, 0.29) is 0 Å². The summed E-state index contributed by atoms with van der Waals surface area (Å²) >= 11 is 1.65. The van der Waals surface area contributed by atoms with Crippen LogP contribution in [0.1, 0.15) is 17.5 Å². The van der Waals surface area contributed by atoms with Crippen LogP contribution in [0.3, 0.4) is 0 Å². The van der Waals surface area contributed by atoms with E-state index in [9.17, 15) is 13.2 Å². The van der Waals surface area contributed by atoms with Crippen molar-refractivity contribution in [2.75, 3.05) is 12.8 Å². The van der Waals surface area contributed by atoms with Gasteiger partial charge in [-0.25, -0.2) is 0 Å². The van der Waals surface area contributed by atoms with Crippen LogP contribution in [0.2, 0.25) is 0 Å². The Hall–Kier alpha value is -1.10. The van der Waals surface area contributed by atoms with Crippen LogP contribution >= 0.6 is 11.8 Å². The maximum absolute atomic E-state index is 12.6. The zero-order valence-corrected chi connectivity index (χ0v) is 10.1. The minimum absolute atomic E-state index is 0.588. The molecule has 1 nitrogen and oxygen atoms in total. The molecule has 1 aliphatic heterocycles. The third kappa shape index (κ3) is 2.60. The van der Waals surface area contributed by atoms with Crippen molar-refractivity contribution in [3.05, 3.63) is 40.4 Å². The van der Waals surface area contributed by atoms with Crippen LogP contribution in [-0.2, 0) is 6.18 Å². The van der Waals surface area contributed by atoms with Crippen LogP contribution in [0.15, 0.2) is 29.3 Å². The van der Waals surface area contributed by atoms with Gasteiger partial charge in [0.15, 0.2) is 0 Å². The molecule has 0 aliphatic carbocycles. The van der Waals surface area contributed by atoms with Crippen molar-refractivity contribution in [1.29, 1.82) is 0 Å². The van der Waals surface area contributed by atoms with E-state index in [2.05, 4.69) is 5.32 Å². The molecule has 0 saturated heterocycles. The average molecular weight is 259 g/mol. The van der Waals surface area contributed by atoms with Gasteiger partial charge in [0.2, 0.25) is 0 Å². The van der Waals surface area contributed by atoms with E-state index in [4.69, 9.17) is 0 Å². The molecule has 0 amide bonds. The van der Waals surface area contributed by atoms with Crippen molar-refractivity contribution in [1.82, 2.24) is 5.32 Å². The van der Waals surface area contributed by atoms with E-state index in [0.717, 1.165) is 28.8 Å². The van der Waals surface area contributed by atoms with Crippen LogP contribution in [0, 0.1) is 0 Å². The number of benzene rings is 1. The normalized spacial score (nSPS) is 16.5. The fraction of sp³-hybridized carbons (Fsp3) is 0.333. The minimum Gasteiger partial charge on any atom is -0.383 e. The highest BCUT2D eigenvalue weighted by molar-refractivity contribution is 8.03. The first kappa shape index (κ1) is 12.4. The lowest BCUT2D eigenvalue weighted by atomic mass is 10.0. The van der Waals surface area contributed by atoms with Gasteiger partial charge in [-0.1, -0.05) is 12.1 Å². The first-order valence-electron chi connectivity index (χ1n) is 5.23. The standard InChI is InChI=1S/C12H12F3NS/c1-16-11-10(5-6-17-11)8-3-2-4-9(7-8)12(13,14)15/h2-4,7,16H,5-6H2,1H3.